The second-order valence-electron chi connectivity index (χ2n) is 1.82. The Morgan fingerprint density at radius 2 is 2.20 bits per heavy atom. The van der Waals surface area contributed by atoms with Gasteiger partial charge in [-0.15, -0.1) is 0 Å². The van der Waals surface area contributed by atoms with Gasteiger partial charge < -0.3 is 5.11 Å². The van der Waals surface area contributed by atoms with E-state index in [9.17, 15) is 0 Å². The Hall–Kier alpha value is -1.38. The molecule has 0 bridgehead atoms. The van der Waals surface area contributed by atoms with Crippen molar-refractivity contribution < 1.29 is 5.11 Å². The Balaban J connectivity index is 2.95. The predicted molar refractivity (Wildman–Crippen MR) is 38.5 cm³/mol. The van der Waals surface area contributed by atoms with E-state index in [1.54, 1.807) is 31.3 Å². The molecule has 0 aliphatic rings. The van der Waals surface area contributed by atoms with Gasteiger partial charge in [0.2, 0.25) is 0 Å². The number of phenols is 1. The highest BCUT2D eigenvalue weighted by atomic mass is 16.3. The van der Waals surface area contributed by atoms with Gasteiger partial charge in [-0.25, -0.2) is 0 Å². The third-order valence-electron chi connectivity index (χ3n) is 1.05. The SMILES string of the molecule is CN=Nc1cccc(O)c1. The van der Waals surface area contributed by atoms with Crippen LogP contribution in [0.1, 0.15) is 0 Å². The predicted octanol–water partition coefficient (Wildman–Crippen LogP) is 2.11. The summed E-state index contributed by atoms with van der Waals surface area (Å²) in [4.78, 5) is 0. The molecule has 0 heterocycles. The fraction of sp³-hybridized carbons (Fsp3) is 0.143. The van der Waals surface area contributed by atoms with Gasteiger partial charge >= 0.3 is 0 Å². The van der Waals surface area contributed by atoms with E-state index in [0.29, 0.717) is 5.69 Å². The van der Waals surface area contributed by atoms with Crippen LogP contribution in [0.15, 0.2) is 34.5 Å². The van der Waals surface area contributed by atoms with E-state index < -0.39 is 0 Å². The first-order valence-electron chi connectivity index (χ1n) is 2.92. The van der Waals surface area contributed by atoms with E-state index in [1.807, 2.05) is 0 Å². The standard InChI is InChI=1S/C7H8N2O/c1-8-9-6-3-2-4-7(10)5-6/h2-5,10H,1H3. The number of azo groups is 1. The van der Waals surface area contributed by atoms with Gasteiger partial charge in [0.05, 0.1) is 5.69 Å². The van der Waals surface area contributed by atoms with Crippen LogP contribution in [0.4, 0.5) is 5.69 Å². The minimum atomic E-state index is 0.213. The molecule has 0 saturated heterocycles. The molecule has 0 aliphatic carbocycles. The van der Waals surface area contributed by atoms with E-state index in [-0.39, 0.29) is 5.75 Å². The lowest BCUT2D eigenvalue weighted by atomic mass is 10.3. The molecule has 0 aliphatic heterocycles. The normalized spacial score (nSPS) is 10.5. The smallest absolute Gasteiger partial charge is 0.117 e. The van der Waals surface area contributed by atoms with Crippen LogP contribution in [-0.4, -0.2) is 12.2 Å². The Bertz CT molecular complexity index is 245. The average Bonchev–Trinajstić information content (AvgIpc) is 1.88. The first-order valence-corrected chi connectivity index (χ1v) is 2.92. The summed E-state index contributed by atoms with van der Waals surface area (Å²) in [7, 11) is 1.59. The van der Waals surface area contributed by atoms with Crippen LogP contribution >= 0.6 is 0 Å². The number of nitrogens with zero attached hydrogens (tertiary/aromatic N) is 2. The summed E-state index contributed by atoms with van der Waals surface area (Å²) in [6.45, 7) is 0. The molecule has 0 atom stereocenters. The average molecular weight is 136 g/mol. The van der Waals surface area contributed by atoms with Crippen LogP contribution in [0.5, 0.6) is 5.75 Å². The summed E-state index contributed by atoms with van der Waals surface area (Å²) < 4.78 is 0. The zero-order valence-corrected chi connectivity index (χ0v) is 5.65. The minimum Gasteiger partial charge on any atom is -0.508 e. The zero-order chi connectivity index (χ0) is 7.40. The summed E-state index contributed by atoms with van der Waals surface area (Å²) >= 11 is 0. The van der Waals surface area contributed by atoms with Crippen molar-refractivity contribution in [2.24, 2.45) is 10.2 Å². The van der Waals surface area contributed by atoms with Gasteiger partial charge in [-0.05, 0) is 12.1 Å². The van der Waals surface area contributed by atoms with Crippen LogP contribution < -0.4 is 0 Å². The third-order valence-corrected chi connectivity index (χ3v) is 1.05. The summed E-state index contributed by atoms with van der Waals surface area (Å²) in [5.74, 6) is 0.213. The monoisotopic (exact) mass is 136 g/mol. The Kier molecular flexibility index (Phi) is 1.99. The van der Waals surface area contributed by atoms with E-state index in [2.05, 4.69) is 10.2 Å². The van der Waals surface area contributed by atoms with Crippen molar-refractivity contribution >= 4 is 5.69 Å². The molecule has 0 amide bonds. The Morgan fingerprint density at radius 3 is 2.80 bits per heavy atom. The van der Waals surface area contributed by atoms with Crippen molar-refractivity contribution in [2.45, 2.75) is 0 Å². The maximum atomic E-state index is 8.94. The van der Waals surface area contributed by atoms with Gasteiger partial charge in [-0.1, -0.05) is 6.07 Å². The molecule has 1 N–H and O–H groups in total. The Morgan fingerprint density at radius 1 is 1.40 bits per heavy atom. The molecule has 10 heavy (non-hydrogen) atoms. The van der Waals surface area contributed by atoms with E-state index >= 15 is 0 Å². The molecule has 0 radical (unpaired) electrons. The molecule has 0 spiro atoms. The summed E-state index contributed by atoms with van der Waals surface area (Å²) in [6, 6.07) is 6.63. The van der Waals surface area contributed by atoms with Gasteiger partial charge in [0.25, 0.3) is 0 Å². The third kappa shape index (κ3) is 1.55. The zero-order valence-electron chi connectivity index (χ0n) is 5.65. The molecule has 1 aromatic rings. The van der Waals surface area contributed by atoms with E-state index in [4.69, 9.17) is 5.11 Å². The molecular formula is C7H8N2O. The van der Waals surface area contributed by atoms with Crippen molar-refractivity contribution in [1.29, 1.82) is 0 Å². The van der Waals surface area contributed by atoms with Crippen molar-refractivity contribution in [2.75, 3.05) is 7.05 Å². The molecular weight excluding hydrogens is 128 g/mol. The van der Waals surface area contributed by atoms with Crippen LogP contribution in [0.25, 0.3) is 0 Å². The van der Waals surface area contributed by atoms with Crippen molar-refractivity contribution in [3.8, 4) is 5.75 Å². The number of phenolic OH excluding ortho intramolecular Hbond substituents is 1. The molecule has 0 saturated carbocycles. The molecule has 0 unspecified atom stereocenters. The minimum absolute atomic E-state index is 0.213. The number of hydrogen-bond acceptors (Lipinski definition) is 3. The van der Waals surface area contributed by atoms with Gasteiger partial charge in [-0.2, -0.15) is 10.2 Å². The molecule has 3 heteroatoms. The van der Waals surface area contributed by atoms with Crippen LogP contribution in [0.3, 0.4) is 0 Å². The highest BCUT2D eigenvalue weighted by Crippen LogP contribution is 2.17. The summed E-state index contributed by atoms with van der Waals surface area (Å²) in [5.41, 5.74) is 0.669. The number of hydrogen-bond donors (Lipinski definition) is 1. The summed E-state index contributed by atoms with van der Waals surface area (Å²) in [5, 5.41) is 16.2. The maximum Gasteiger partial charge on any atom is 0.117 e. The largest absolute Gasteiger partial charge is 0.508 e. The topological polar surface area (TPSA) is 45.0 Å². The number of benzene rings is 1. The lowest BCUT2D eigenvalue weighted by Crippen LogP contribution is -1.63. The highest BCUT2D eigenvalue weighted by Gasteiger charge is 1.88. The van der Waals surface area contributed by atoms with E-state index in [1.165, 1.54) is 0 Å². The van der Waals surface area contributed by atoms with Gasteiger partial charge in [0.15, 0.2) is 0 Å². The lowest BCUT2D eigenvalue weighted by Gasteiger charge is -1.90. The first-order chi connectivity index (χ1) is 4.83. The molecule has 1 aromatic carbocycles. The number of aromatic hydroxyl groups is 1. The molecule has 1 rings (SSSR count). The fourth-order valence-corrected chi connectivity index (χ4v) is 0.671. The highest BCUT2D eigenvalue weighted by molar-refractivity contribution is 5.41. The van der Waals surface area contributed by atoms with Crippen molar-refractivity contribution in [3.63, 3.8) is 0 Å². The maximum absolute atomic E-state index is 8.94. The lowest BCUT2D eigenvalue weighted by molar-refractivity contribution is 0.475. The molecule has 0 fully saturated rings. The molecule has 3 nitrogen and oxygen atoms in total. The quantitative estimate of drug-likeness (QED) is 0.590. The molecule has 52 valence electrons. The van der Waals surface area contributed by atoms with Crippen LogP contribution in [0, 0.1) is 0 Å². The van der Waals surface area contributed by atoms with Gasteiger partial charge in [-0.3, -0.25) is 0 Å². The van der Waals surface area contributed by atoms with Crippen molar-refractivity contribution in [3.05, 3.63) is 24.3 Å². The second-order valence-corrected chi connectivity index (χ2v) is 1.82. The number of rotatable bonds is 1. The van der Waals surface area contributed by atoms with Gasteiger partial charge in [0.1, 0.15) is 5.75 Å². The Labute approximate surface area is 59.0 Å². The second kappa shape index (κ2) is 2.96. The first kappa shape index (κ1) is 6.74. The van der Waals surface area contributed by atoms with E-state index in [0.717, 1.165) is 0 Å². The van der Waals surface area contributed by atoms with Gasteiger partial charge in [0, 0.05) is 13.1 Å². The molecule has 0 aromatic heterocycles. The summed E-state index contributed by atoms with van der Waals surface area (Å²) in [6.07, 6.45) is 0. The van der Waals surface area contributed by atoms with Crippen molar-refractivity contribution in [1.82, 2.24) is 0 Å². The van der Waals surface area contributed by atoms with Crippen LogP contribution in [0.2, 0.25) is 0 Å². The fourth-order valence-electron chi connectivity index (χ4n) is 0.671. The van der Waals surface area contributed by atoms with Crippen LogP contribution in [-0.2, 0) is 0 Å².